The molecule has 1 saturated carbocycles. The first-order valence-electron chi connectivity index (χ1n) is 8.20. The van der Waals surface area contributed by atoms with E-state index in [1.54, 1.807) is 0 Å². The van der Waals surface area contributed by atoms with Crippen molar-refractivity contribution in [2.75, 3.05) is 5.73 Å². The quantitative estimate of drug-likeness (QED) is 0.786. The van der Waals surface area contributed by atoms with Gasteiger partial charge in [-0.15, -0.1) is 0 Å². The topological polar surface area (TPSA) is 51.8 Å². The van der Waals surface area contributed by atoms with Gasteiger partial charge >= 0.3 is 0 Å². The van der Waals surface area contributed by atoms with E-state index < -0.39 is 0 Å². The van der Waals surface area contributed by atoms with Crippen LogP contribution in [0, 0.1) is 5.41 Å². The lowest BCUT2D eigenvalue weighted by molar-refractivity contribution is 0.220. The average molecular weight is 273 g/mol. The van der Waals surface area contributed by atoms with Gasteiger partial charge in [0.05, 0.1) is 0 Å². The highest BCUT2D eigenvalue weighted by Crippen LogP contribution is 2.42. The van der Waals surface area contributed by atoms with Crippen LogP contribution in [-0.2, 0) is 12.8 Å². The van der Waals surface area contributed by atoms with Crippen molar-refractivity contribution in [3.8, 4) is 0 Å². The smallest absolute Gasteiger partial charge is 0.134 e. The molecule has 2 aliphatic rings. The molecule has 1 heterocycles. The summed E-state index contributed by atoms with van der Waals surface area (Å²) in [6.07, 6.45) is 10.9. The van der Waals surface area contributed by atoms with Crippen LogP contribution in [0.2, 0.25) is 0 Å². The van der Waals surface area contributed by atoms with Gasteiger partial charge in [-0.2, -0.15) is 0 Å². The monoisotopic (exact) mass is 273 g/mol. The Bertz CT molecular complexity index is 483. The van der Waals surface area contributed by atoms with E-state index in [1.807, 2.05) is 0 Å². The number of rotatable bonds is 1. The summed E-state index contributed by atoms with van der Waals surface area (Å²) in [7, 11) is 0. The molecule has 0 unspecified atom stereocenters. The minimum absolute atomic E-state index is 0.494. The number of aryl methyl sites for hydroxylation is 1. The Kier molecular flexibility index (Phi) is 3.70. The Labute approximate surface area is 122 Å². The first-order valence-corrected chi connectivity index (χ1v) is 8.20. The van der Waals surface area contributed by atoms with Crippen LogP contribution >= 0.6 is 0 Å². The lowest BCUT2D eigenvalue weighted by Gasteiger charge is -2.33. The summed E-state index contributed by atoms with van der Waals surface area (Å²) in [5.41, 5.74) is 9.20. The van der Waals surface area contributed by atoms with Crippen molar-refractivity contribution >= 4 is 5.82 Å². The maximum atomic E-state index is 6.22. The fourth-order valence-electron chi connectivity index (χ4n) is 3.66. The fraction of sp³-hybridized carbons (Fsp3) is 0.765. The van der Waals surface area contributed by atoms with E-state index >= 15 is 0 Å². The summed E-state index contributed by atoms with van der Waals surface area (Å²) in [4.78, 5) is 9.58. The van der Waals surface area contributed by atoms with Crippen LogP contribution in [0.3, 0.4) is 0 Å². The molecule has 0 aromatic carbocycles. The van der Waals surface area contributed by atoms with E-state index in [1.165, 1.54) is 56.2 Å². The van der Waals surface area contributed by atoms with Gasteiger partial charge in [-0.1, -0.05) is 20.3 Å². The van der Waals surface area contributed by atoms with E-state index in [-0.39, 0.29) is 0 Å². The Morgan fingerprint density at radius 3 is 2.45 bits per heavy atom. The maximum absolute atomic E-state index is 6.22. The van der Waals surface area contributed by atoms with Gasteiger partial charge in [0.25, 0.3) is 0 Å². The molecule has 2 N–H and O–H groups in total. The van der Waals surface area contributed by atoms with Crippen LogP contribution in [0.15, 0.2) is 0 Å². The third-order valence-corrected chi connectivity index (χ3v) is 5.19. The van der Waals surface area contributed by atoms with Crippen LogP contribution in [-0.4, -0.2) is 9.97 Å². The summed E-state index contributed by atoms with van der Waals surface area (Å²) < 4.78 is 0. The van der Waals surface area contributed by atoms with Crippen molar-refractivity contribution in [3.63, 3.8) is 0 Å². The normalized spacial score (nSPS) is 23.1. The van der Waals surface area contributed by atoms with Gasteiger partial charge in [0, 0.05) is 17.2 Å². The van der Waals surface area contributed by atoms with Crippen LogP contribution in [0.25, 0.3) is 0 Å². The standard InChI is InChI=1S/C17H27N3/c1-17(2)10-8-12(9-11-17)16-19-14-7-5-3-4-6-13(14)15(18)20-16/h12H,3-11H2,1-2H3,(H2,18,19,20). The molecule has 0 amide bonds. The number of nitrogens with two attached hydrogens (primary N) is 1. The third kappa shape index (κ3) is 2.82. The van der Waals surface area contributed by atoms with Crippen LogP contribution in [0.5, 0.6) is 0 Å². The number of hydrogen-bond acceptors (Lipinski definition) is 3. The molecule has 1 aromatic heterocycles. The molecule has 0 aliphatic heterocycles. The van der Waals surface area contributed by atoms with Gasteiger partial charge in [-0.05, 0) is 56.8 Å². The fourth-order valence-corrected chi connectivity index (χ4v) is 3.66. The Morgan fingerprint density at radius 1 is 1.00 bits per heavy atom. The lowest BCUT2D eigenvalue weighted by Crippen LogP contribution is -2.22. The van der Waals surface area contributed by atoms with Crippen molar-refractivity contribution in [1.82, 2.24) is 9.97 Å². The average Bonchev–Trinajstić information content (AvgIpc) is 2.64. The SMILES string of the molecule is CC1(C)CCC(c2nc(N)c3c(n2)CCCCC3)CC1. The summed E-state index contributed by atoms with van der Waals surface area (Å²) in [6.45, 7) is 4.74. The van der Waals surface area contributed by atoms with Crippen molar-refractivity contribution in [3.05, 3.63) is 17.1 Å². The van der Waals surface area contributed by atoms with Crippen LogP contribution in [0.1, 0.15) is 81.8 Å². The van der Waals surface area contributed by atoms with Crippen LogP contribution < -0.4 is 5.73 Å². The number of hydrogen-bond donors (Lipinski definition) is 1. The minimum Gasteiger partial charge on any atom is -0.383 e. The zero-order valence-electron chi connectivity index (χ0n) is 12.9. The molecule has 3 heteroatoms. The molecular formula is C17H27N3. The lowest BCUT2D eigenvalue weighted by atomic mass is 9.73. The molecule has 0 atom stereocenters. The molecule has 1 fully saturated rings. The molecule has 1 aromatic rings. The van der Waals surface area contributed by atoms with E-state index in [9.17, 15) is 0 Å². The molecule has 0 spiro atoms. The van der Waals surface area contributed by atoms with Gasteiger partial charge in [-0.3, -0.25) is 0 Å². The van der Waals surface area contributed by atoms with E-state index in [0.29, 0.717) is 11.3 Å². The van der Waals surface area contributed by atoms with Crippen molar-refractivity contribution < 1.29 is 0 Å². The highest BCUT2D eigenvalue weighted by molar-refractivity contribution is 5.43. The Balaban J connectivity index is 1.84. The number of anilines is 1. The van der Waals surface area contributed by atoms with Gasteiger partial charge in [0.15, 0.2) is 0 Å². The van der Waals surface area contributed by atoms with E-state index in [4.69, 9.17) is 10.7 Å². The molecule has 3 rings (SSSR count). The summed E-state index contributed by atoms with van der Waals surface area (Å²) in [6, 6.07) is 0. The van der Waals surface area contributed by atoms with Gasteiger partial charge < -0.3 is 5.73 Å². The molecule has 20 heavy (non-hydrogen) atoms. The minimum atomic E-state index is 0.494. The second-order valence-corrected chi connectivity index (χ2v) is 7.39. The second kappa shape index (κ2) is 5.34. The predicted molar refractivity (Wildman–Crippen MR) is 82.7 cm³/mol. The Morgan fingerprint density at radius 2 is 1.70 bits per heavy atom. The highest BCUT2D eigenvalue weighted by Gasteiger charge is 2.29. The molecule has 110 valence electrons. The molecule has 0 radical (unpaired) electrons. The van der Waals surface area contributed by atoms with Gasteiger partial charge in [0.2, 0.25) is 0 Å². The van der Waals surface area contributed by atoms with Gasteiger partial charge in [0.1, 0.15) is 11.6 Å². The predicted octanol–water partition coefficient (Wildman–Crippen LogP) is 4.01. The van der Waals surface area contributed by atoms with Crippen molar-refractivity contribution in [2.45, 2.75) is 77.6 Å². The maximum Gasteiger partial charge on any atom is 0.134 e. The zero-order valence-corrected chi connectivity index (χ0v) is 12.9. The van der Waals surface area contributed by atoms with Gasteiger partial charge in [-0.25, -0.2) is 9.97 Å². The largest absolute Gasteiger partial charge is 0.383 e. The van der Waals surface area contributed by atoms with Crippen molar-refractivity contribution in [2.24, 2.45) is 5.41 Å². The summed E-state index contributed by atoms with van der Waals surface area (Å²) >= 11 is 0. The van der Waals surface area contributed by atoms with E-state index in [0.717, 1.165) is 24.5 Å². The van der Waals surface area contributed by atoms with E-state index in [2.05, 4.69) is 18.8 Å². The molecule has 2 aliphatic carbocycles. The first kappa shape index (κ1) is 13.8. The second-order valence-electron chi connectivity index (χ2n) is 7.39. The zero-order chi connectivity index (χ0) is 14.2. The first-order chi connectivity index (χ1) is 9.55. The number of nitrogens with zero attached hydrogens (tertiary/aromatic N) is 2. The van der Waals surface area contributed by atoms with Crippen LogP contribution in [0.4, 0.5) is 5.82 Å². The molecule has 3 nitrogen and oxygen atoms in total. The number of nitrogen functional groups attached to an aromatic ring is 1. The molecule has 0 saturated heterocycles. The summed E-state index contributed by atoms with van der Waals surface area (Å²) in [5, 5.41) is 0. The number of aromatic nitrogens is 2. The van der Waals surface area contributed by atoms with Crippen molar-refractivity contribution in [1.29, 1.82) is 0 Å². The highest BCUT2D eigenvalue weighted by atomic mass is 15.0. The Hall–Kier alpha value is -1.12. The summed E-state index contributed by atoms with van der Waals surface area (Å²) in [5.74, 6) is 2.31. The molecule has 0 bridgehead atoms. The molecular weight excluding hydrogens is 246 g/mol. The third-order valence-electron chi connectivity index (χ3n) is 5.19. The number of fused-ring (bicyclic) bond motifs is 1.